The largest absolute Gasteiger partial charge is 0.455 e. The molecule has 112 valence electrons. The lowest BCUT2D eigenvalue weighted by atomic mass is 10.1. The smallest absolute Gasteiger partial charge is 0.356 e. The highest BCUT2D eigenvalue weighted by Gasteiger charge is 2.24. The quantitative estimate of drug-likeness (QED) is 0.636. The van der Waals surface area contributed by atoms with Crippen LogP contribution in [0.15, 0.2) is 24.4 Å². The Morgan fingerprint density at radius 2 is 2.05 bits per heavy atom. The third kappa shape index (κ3) is 3.42. The molecule has 0 saturated carbocycles. The Morgan fingerprint density at radius 3 is 2.57 bits per heavy atom. The van der Waals surface area contributed by atoms with Gasteiger partial charge in [0.05, 0.1) is 4.88 Å². The van der Waals surface area contributed by atoms with Crippen molar-refractivity contribution in [1.29, 1.82) is 0 Å². The number of carbonyl (C=O) groups is 2. The van der Waals surface area contributed by atoms with Crippen molar-refractivity contribution in [2.75, 3.05) is 0 Å². The topological polar surface area (TPSA) is 48.3 Å². The maximum absolute atomic E-state index is 12.5. The second-order valence-corrected chi connectivity index (χ2v) is 6.80. The summed E-state index contributed by atoms with van der Waals surface area (Å²) in [7, 11) is 0. The van der Waals surface area contributed by atoms with E-state index in [9.17, 15) is 9.59 Å². The van der Waals surface area contributed by atoms with Crippen LogP contribution in [0.1, 0.15) is 53.4 Å². The van der Waals surface area contributed by atoms with E-state index in [-0.39, 0.29) is 5.97 Å². The van der Waals surface area contributed by atoms with Crippen molar-refractivity contribution >= 4 is 23.6 Å². The van der Waals surface area contributed by atoms with Gasteiger partial charge < -0.3 is 9.30 Å². The summed E-state index contributed by atoms with van der Waals surface area (Å²) in [6, 6.07) is 5.50. The summed E-state index contributed by atoms with van der Waals surface area (Å²) in [5, 5.41) is 0.831. The van der Waals surface area contributed by atoms with Gasteiger partial charge in [-0.2, -0.15) is 0 Å². The highest BCUT2D eigenvalue weighted by molar-refractivity contribution is 7.16. The van der Waals surface area contributed by atoms with Gasteiger partial charge in [0.2, 0.25) is 0 Å². The van der Waals surface area contributed by atoms with Gasteiger partial charge in [0.1, 0.15) is 16.3 Å². The molecule has 0 radical (unpaired) electrons. The van der Waals surface area contributed by atoms with Crippen LogP contribution >= 0.6 is 11.3 Å². The zero-order valence-electron chi connectivity index (χ0n) is 12.7. The fourth-order valence-corrected chi connectivity index (χ4v) is 2.84. The van der Waals surface area contributed by atoms with Gasteiger partial charge in [-0.3, -0.25) is 4.79 Å². The first-order valence-corrected chi connectivity index (χ1v) is 7.66. The first-order chi connectivity index (χ1) is 9.85. The molecule has 2 aromatic heterocycles. The summed E-state index contributed by atoms with van der Waals surface area (Å²) in [5.41, 5.74) is 0.928. The maximum Gasteiger partial charge on any atom is 0.356 e. The standard InChI is InChI=1S/C16H19NO3S/c1-5-11-8-9-17(13-7-6-12(10-18)21-13)14(11)15(19)20-16(2,3)4/h6-10H,5H2,1-4H3. The molecule has 0 amide bonds. The van der Waals surface area contributed by atoms with E-state index >= 15 is 0 Å². The molecule has 0 fully saturated rings. The molecule has 0 saturated heterocycles. The minimum absolute atomic E-state index is 0.342. The number of rotatable bonds is 4. The molecule has 2 rings (SSSR count). The summed E-state index contributed by atoms with van der Waals surface area (Å²) >= 11 is 1.35. The Kier molecular flexibility index (Phi) is 4.32. The number of carbonyl (C=O) groups excluding carboxylic acids is 2. The second kappa shape index (κ2) is 5.85. The predicted molar refractivity (Wildman–Crippen MR) is 83.6 cm³/mol. The number of aldehydes is 1. The Balaban J connectivity index is 2.46. The monoisotopic (exact) mass is 305 g/mol. The van der Waals surface area contributed by atoms with E-state index in [0.717, 1.165) is 23.3 Å². The van der Waals surface area contributed by atoms with Crippen LogP contribution in [0.4, 0.5) is 0 Å². The molecule has 0 aromatic carbocycles. The van der Waals surface area contributed by atoms with E-state index in [1.165, 1.54) is 11.3 Å². The molecule has 0 spiro atoms. The van der Waals surface area contributed by atoms with E-state index in [0.29, 0.717) is 10.6 Å². The van der Waals surface area contributed by atoms with Crippen molar-refractivity contribution in [3.8, 4) is 5.00 Å². The van der Waals surface area contributed by atoms with E-state index in [2.05, 4.69) is 0 Å². The zero-order chi connectivity index (χ0) is 15.6. The van der Waals surface area contributed by atoms with Gasteiger partial charge in [0, 0.05) is 6.20 Å². The van der Waals surface area contributed by atoms with Crippen molar-refractivity contribution in [1.82, 2.24) is 4.57 Å². The first-order valence-electron chi connectivity index (χ1n) is 6.84. The van der Waals surface area contributed by atoms with E-state index in [4.69, 9.17) is 4.74 Å². The molecule has 2 heterocycles. The molecule has 5 heteroatoms. The van der Waals surface area contributed by atoms with Crippen molar-refractivity contribution in [3.63, 3.8) is 0 Å². The van der Waals surface area contributed by atoms with Gasteiger partial charge in [0.15, 0.2) is 6.29 Å². The first kappa shape index (κ1) is 15.5. The number of hydrogen-bond donors (Lipinski definition) is 0. The van der Waals surface area contributed by atoms with Crippen LogP contribution in [0.5, 0.6) is 0 Å². The molecular weight excluding hydrogens is 286 g/mol. The number of ether oxygens (including phenoxy) is 1. The molecular formula is C16H19NO3S. The molecule has 21 heavy (non-hydrogen) atoms. The number of aryl methyl sites for hydroxylation is 1. The zero-order valence-corrected chi connectivity index (χ0v) is 13.5. The normalized spacial score (nSPS) is 11.4. The minimum atomic E-state index is -0.541. The number of thiophene rings is 1. The van der Waals surface area contributed by atoms with Gasteiger partial charge in [-0.05, 0) is 51.0 Å². The van der Waals surface area contributed by atoms with Gasteiger partial charge in [-0.15, -0.1) is 11.3 Å². The SMILES string of the molecule is CCc1ccn(-c2ccc(C=O)s2)c1C(=O)OC(C)(C)C. The van der Waals surface area contributed by atoms with Crippen LogP contribution in [-0.2, 0) is 11.2 Å². The average molecular weight is 305 g/mol. The Labute approximate surface area is 128 Å². The number of nitrogens with zero attached hydrogens (tertiary/aromatic N) is 1. The number of aromatic nitrogens is 1. The fourth-order valence-electron chi connectivity index (χ4n) is 2.03. The summed E-state index contributed by atoms with van der Waals surface area (Å²) in [4.78, 5) is 23.9. The molecule has 0 bridgehead atoms. The summed E-state index contributed by atoms with van der Waals surface area (Å²) in [6.45, 7) is 7.54. The highest BCUT2D eigenvalue weighted by Crippen LogP contribution is 2.25. The second-order valence-electron chi connectivity index (χ2n) is 5.71. The average Bonchev–Trinajstić information content (AvgIpc) is 3.02. The molecule has 0 atom stereocenters. The van der Waals surface area contributed by atoms with E-state index < -0.39 is 5.60 Å². The lowest BCUT2D eigenvalue weighted by molar-refractivity contribution is 0.00595. The maximum atomic E-state index is 12.5. The lowest BCUT2D eigenvalue weighted by Gasteiger charge is -2.20. The Hall–Kier alpha value is -1.88. The molecule has 0 aliphatic heterocycles. The van der Waals surface area contributed by atoms with Crippen LogP contribution in [-0.4, -0.2) is 22.4 Å². The predicted octanol–water partition coefficient (Wildman–Crippen LogP) is 3.87. The van der Waals surface area contributed by atoms with Crippen LogP contribution in [0.25, 0.3) is 5.00 Å². The van der Waals surface area contributed by atoms with Crippen molar-refractivity contribution in [2.45, 2.75) is 39.7 Å². The van der Waals surface area contributed by atoms with Crippen molar-refractivity contribution < 1.29 is 14.3 Å². The van der Waals surface area contributed by atoms with Gasteiger partial charge >= 0.3 is 5.97 Å². The van der Waals surface area contributed by atoms with Crippen LogP contribution in [0.2, 0.25) is 0 Å². The Morgan fingerprint density at radius 1 is 1.33 bits per heavy atom. The van der Waals surface area contributed by atoms with Crippen LogP contribution in [0.3, 0.4) is 0 Å². The molecule has 0 aliphatic carbocycles. The van der Waals surface area contributed by atoms with Gasteiger partial charge in [0.25, 0.3) is 0 Å². The van der Waals surface area contributed by atoms with Crippen LogP contribution in [0, 0.1) is 0 Å². The summed E-state index contributed by atoms with van der Waals surface area (Å²) in [6.07, 6.45) is 3.40. The molecule has 4 nitrogen and oxygen atoms in total. The highest BCUT2D eigenvalue weighted by atomic mass is 32.1. The Bertz CT molecular complexity index is 661. The molecule has 0 aliphatic rings. The van der Waals surface area contributed by atoms with Crippen LogP contribution < -0.4 is 0 Å². The van der Waals surface area contributed by atoms with E-state index in [1.54, 1.807) is 10.6 Å². The number of hydrogen-bond acceptors (Lipinski definition) is 4. The minimum Gasteiger partial charge on any atom is -0.455 e. The fraction of sp³-hybridized carbons (Fsp3) is 0.375. The van der Waals surface area contributed by atoms with E-state index in [1.807, 2.05) is 46.0 Å². The van der Waals surface area contributed by atoms with Crippen molar-refractivity contribution in [3.05, 3.63) is 40.5 Å². The third-order valence-electron chi connectivity index (χ3n) is 2.91. The van der Waals surface area contributed by atoms with Crippen molar-refractivity contribution in [2.24, 2.45) is 0 Å². The molecule has 0 N–H and O–H groups in total. The van der Waals surface area contributed by atoms with Gasteiger partial charge in [-0.1, -0.05) is 6.92 Å². The van der Waals surface area contributed by atoms with Gasteiger partial charge in [-0.25, -0.2) is 4.79 Å². The number of esters is 1. The lowest BCUT2D eigenvalue weighted by Crippen LogP contribution is -2.25. The molecule has 2 aromatic rings. The third-order valence-corrected chi connectivity index (χ3v) is 3.92. The summed E-state index contributed by atoms with van der Waals surface area (Å²) < 4.78 is 7.29. The molecule has 0 unspecified atom stereocenters. The summed E-state index contributed by atoms with van der Waals surface area (Å²) in [5.74, 6) is -0.342.